The second-order valence-corrected chi connectivity index (χ2v) is 8.36. The summed E-state index contributed by atoms with van der Waals surface area (Å²) in [6.45, 7) is 0.729. The van der Waals surface area contributed by atoms with Gasteiger partial charge >= 0.3 is 11.5 Å². The highest BCUT2D eigenvalue weighted by Gasteiger charge is 2.33. The molecule has 7 N–H and O–H groups in total. The van der Waals surface area contributed by atoms with Crippen LogP contribution < -0.4 is 32.5 Å². The Morgan fingerprint density at radius 1 is 1.38 bits per heavy atom. The molecule has 4 rings (SSSR count). The molecule has 2 aliphatic rings. The molecule has 2 atom stereocenters. The SMILES string of the molecule is N/C=C(/CNC1CCc2cc(-c3ccc(N4CC(CNC(=O)Cl)OC4=O)cc3F)cnc21)NN. The molecule has 1 aromatic carbocycles. The van der Waals surface area contributed by atoms with Crippen molar-refractivity contribution in [3.8, 4) is 11.1 Å². The monoisotopic (exact) mass is 489 g/mol. The fourth-order valence-electron chi connectivity index (χ4n) is 4.15. The summed E-state index contributed by atoms with van der Waals surface area (Å²) in [5, 5.41) is 5.01. The number of hydrazine groups is 1. The standard InChI is InChI=1S/C22H25ClFN7O3/c23-21(32)29-10-16-11-31(22(33)34-16)15-2-3-17(18(24)6-15)13-5-12-1-4-19(20(12)28-8-13)27-9-14(7-25)30-26/h2-3,5-8,16,19,27,30H,1,4,9-11,25-26H2,(H,29,32)/b14-7-. The predicted octanol–water partition coefficient (Wildman–Crippen LogP) is 2.00. The van der Waals surface area contributed by atoms with Crippen molar-refractivity contribution in [3.63, 3.8) is 0 Å². The van der Waals surface area contributed by atoms with Gasteiger partial charge in [-0.05, 0) is 54.3 Å². The van der Waals surface area contributed by atoms with Crippen molar-refractivity contribution in [2.45, 2.75) is 25.0 Å². The lowest BCUT2D eigenvalue weighted by atomic mass is 10.0. The molecular formula is C22H25ClFN7O3. The number of amides is 2. The zero-order chi connectivity index (χ0) is 24.2. The summed E-state index contributed by atoms with van der Waals surface area (Å²) >= 11 is 5.25. The number of nitrogens with one attached hydrogen (secondary N) is 3. The minimum absolute atomic E-state index is 0.0530. The molecule has 1 saturated heterocycles. The molecule has 0 bridgehead atoms. The van der Waals surface area contributed by atoms with Crippen LogP contribution in [0.25, 0.3) is 11.1 Å². The first-order valence-corrected chi connectivity index (χ1v) is 11.1. The summed E-state index contributed by atoms with van der Waals surface area (Å²) < 4.78 is 20.3. The largest absolute Gasteiger partial charge is 0.442 e. The first-order valence-electron chi connectivity index (χ1n) is 10.7. The van der Waals surface area contributed by atoms with Crippen LogP contribution in [-0.4, -0.2) is 42.2 Å². The number of aryl methyl sites for hydroxylation is 1. The van der Waals surface area contributed by atoms with E-state index in [1.807, 2.05) is 6.07 Å². The van der Waals surface area contributed by atoms with E-state index in [2.05, 4.69) is 21.0 Å². The number of benzene rings is 1. The molecule has 10 nitrogen and oxygen atoms in total. The third-order valence-electron chi connectivity index (χ3n) is 5.88. The number of nitrogens with two attached hydrogens (primary N) is 2. The van der Waals surface area contributed by atoms with Gasteiger partial charge in [0, 0.05) is 30.1 Å². The van der Waals surface area contributed by atoms with Crippen LogP contribution >= 0.6 is 11.6 Å². The number of carbonyl (C=O) groups excluding carboxylic acids is 2. The van der Waals surface area contributed by atoms with E-state index in [0.29, 0.717) is 29.1 Å². The van der Waals surface area contributed by atoms with Crippen LogP contribution in [0.5, 0.6) is 0 Å². The van der Waals surface area contributed by atoms with Gasteiger partial charge in [-0.1, -0.05) is 0 Å². The van der Waals surface area contributed by atoms with Crippen LogP contribution in [0, 0.1) is 5.82 Å². The number of halogens is 2. The molecule has 180 valence electrons. The van der Waals surface area contributed by atoms with Gasteiger partial charge in [0.25, 0.3) is 0 Å². The zero-order valence-electron chi connectivity index (χ0n) is 18.2. The van der Waals surface area contributed by atoms with Gasteiger partial charge in [-0.15, -0.1) is 0 Å². The number of ether oxygens (including phenoxy) is 1. The molecule has 2 aromatic rings. The number of aromatic nitrogens is 1. The first kappa shape index (κ1) is 23.7. The van der Waals surface area contributed by atoms with Gasteiger partial charge in [0.15, 0.2) is 0 Å². The molecule has 12 heteroatoms. The van der Waals surface area contributed by atoms with E-state index in [1.54, 1.807) is 18.3 Å². The van der Waals surface area contributed by atoms with Crippen molar-refractivity contribution < 1.29 is 18.7 Å². The maximum Gasteiger partial charge on any atom is 0.414 e. The Kier molecular flexibility index (Phi) is 7.15. The Morgan fingerprint density at radius 2 is 2.21 bits per heavy atom. The van der Waals surface area contributed by atoms with Crippen LogP contribution in [0.1, 0.15) is 23.7 Å². The number of carbonyl (C=O) groups is 2. The van der Waals surface area contributed by atoms with Crippen LogP contribution in [0.2, 0.25) is 0 Å². The summed E-state index contributed by atoms with van der Waals surface area (Å²) in [5.41, 5.74) is 12.1. The number of cyclic esters (lactones) is 1. The molecule has 0 saturated carbocycles. The number of anilines is 1. The Bertz CT molecular complexity index is 1130. The Labute approximate surface area is 200 Å². The number of pyridine rings is 1. The van der Waals surface area contributed by atoms with E-state index in [-0.39, 0.29) is 19.1 Å². The quantitative estimate of drug-likeness (QED) is 0.164. The van der Waals surface area contributed by atoms with Crippen molar-refractivity contribution >= 4 is 28.7 Å². The molecule has 1 aliphatic carbocycles. The normalized spacial score (nSPS) is 19.7. The number of rotatable bonds is 8. The molecule has 0 radical (unpaired) electrons. The third kappa shape index (κ3) is 5.06. The van der Waals surface area contributed by atoms with Gasteiger partial charge in [-0.2, -0.15) is 0 Å². The van der Waals surface area contributed by atoms with Gasteiger partial charge in [0.05, 0.1) is 36.2 Å². The highest BCUT2D eigenvalue weighted by molar-refractivity contribution is 6.62. The van der Waals surface area contributed by atoms with E-state index >= 15 is 4.39 Å². The first-order chi connectivity index (χ1) is 16.4. The summed E-state index contributed by atoms with van der Waals surface area (Å²) in [7, 11) is 0. The van der Waals surface area contributed by atoms with Gasteiger partial charge in [0.1, 0.15) is 11.9 Å². The van der Waals surface area contributed by atoms with Crippen molar-refractivity contribution in [3.05, 3.63) is 59.4 Å². The van der Waals surface area contributed by atoms with Crippen molar-refractivity contribution in [1.82, 2.24) is 21.0 Å². The smallest absolute Gasteiger partial charge is 0.414 e. The molecular weight excluding hydrogens is 465 g/mol. The van der Waals surface area contributed by atoms with Gasteiger partial charge < -0.3 is 26.5 Å². The lowest BCUT2D eigenvalue weighted by Gasteiger charge is -2.16. The second kappa shape index (κ2) is 10.2. The summed E-state index contributed by atoms with van der Waals surface area (Å²) in [6, 6.07) is 6.55. The molecule has 2 amide bonds. The highest BCUT2D eigenvalue weighted by atomic mass is 35.5. The van der Waals surface area contributed by atoms with E-state index in [0.717, 1.165) is 24.1 Å². The maximum atomic E-state index is 15.1. The van der Waals surface area contributed by atoms with Gasteiger partial charge in [-0.25, -0.2) is 9.18 Å². The molecule has 2 unspecified atom stereocenters. The average molecular weight is 490 g/mol. The fraction of sp³-hybridized carbons (Fsp3) is 0.318. The highest BCUT2D eigenvalue weighted by Crippen LogP contribution is 2.34. The number of nitrogens with zero attached hydrogens (tertiary/aromatic N) is 2. The van der Waals surface area contributed by atoms with Gasteiger partial charge in [0.2, 0.25) is 0 Å². The lowest BCUT2D eigenvalue weighted by Crippen LogP contribution is -2.32. The zero-order valence-corrected chi connectivity index (χ0v) is 18.9. The Morgan fingerprint density at radius 3 is 2.91 bits per heavy atom. The lowest BCUT2D eigenvalue weighted by molar-refractivity contribution is 0.141. The summed E-state index contributed by atoms with van der Waals surface area (Å²) in [5.74, 6) is 4.93. The molecule has 2 heterocycles. The minimum Gasteiger partial charge on any atom is -0.442 e. The third-order valence-corrected chi connectivity index (χ3v) is 6.01. The molecule has 1 aromatic heterocycles. The van der Waals surface area contributed by atoms with E-state index in [9.17, 15) is 9.59 Å². The predicted molar refractivity (Wildman–Crippen MR) is 125 cm³/mol. The molecule has 1 aliphatic heterocycles. The number of fused-ring (bicyclic) bond motifs is 1. The Balaban J connectivity index is 1.47. The topological polar surface area (TPSA) is 148 Å². The summed E-state index contributed by atoms with van der Waals surface area (Å²) in [6.07, 6.45) is 3.54. The van der Waals surface area contributed by atoms with Crippen LogP contribution in [0.15, 0.2) is 42.4 Å². The number of hydrogen-bond donors (Lipinski definition) is 5. The van der Waals surface area contributed by atoms with Crippen LogP contribution in [0.3, 0.4) is 0 Å². The second-order valence-electron chi connectivity index (χ2n) is 8.01. The van der Waals surface area contributed by atoms with Crippen molar-refractivity contribution in [2.24, 2.45) is 11.6 Å². The van der Waals surface area contributed by atoms with E-state index in [4.69, 9.17) is 27.9 Å². The van der Waals surface area contributed by atoms with Crippen molar-refractivity contribution in [2.75, 3.05) is 24.5 Å². The van der Waals surface area contributed by atoms with Crippen molar-refractivity contribution in [1.29, 1.82) is 0 Å². The Hall–Kier alpha value is -3.41. The van der Waals surface area contributed by atoms with E-state index < -0.39 is 23.4 Å². The average Bonchev–Trinajstić information content (AvgIpc) is 3.41. The maximum absolute atomic E-state index is 15.1. The minimum atomic E-state index is -0.736. The number of hydrogen-bond acceptors (Lipinski definition) is 8. The molecule has 0 spiro atoms. The summed E-state index contributed by atoms with van der Waals surface area (Å²) in [4.78, 5) is 28.9. The van der Waals surface area contributed by atoms with E-state index in [1.165, 1.54) is 17.2 Å². The fourth-order valence-corrected chi connectivity index (χ4v) is 4.22. The van der Waals surface area contributed by atoms with Crippen LogP contribution in [0.4, 0.5) is 19.7 Å². The van der Waals surface area contributed by atoms with Gasteiger partial charge in [-0.3, -0.25) is 20.5 Å². The van der Waals surface area contributed by atoms with Crippen LogP contribution in [-0.2, 0) is 11.2 Å². The molecule has 1 fully saturated rings. The molecule has 34 heavy (non-hydrogen) atoms.